The highest BCUT2D eigenvalue weighted by molar-refractivity contribution is 6.01. The Morgan fingerprint density at radius 1 is 1.13 bits per heavy atom. The molecule has 0 saturated carbocycles. The normalized spacial score (nSPS) is 20.8. The molecule has 8 nitrogen and oxygen atoms in total. The van der Waals surface area contributed by atoms with Gasteiger partial charge in [-0.05, 0) is 43.4 Å². The summed E-state index contributed by atoms with van der Waals surface area (Å²) in [6, 6.07) is 7.45. The van der Waals surface area contributed by atoms with Gasteiger partial charge >= 0.3 is 0 Å². The molecule has 2 aliphatic rings. The number of likely N-dealkylation sites (tertiary alicyclic amines) is 1. The first kappa shape index (κ1) is 22.8. The van der Waals surface area contributed by atoms with Crippen molar-refractivity contribution < 1.29 is 19.2 Å². The van der Waals surface area contributed by atoms with E-state index in [-0.39, 0.29) is 36.6 Å². The van der Waals surface area contributed by atoms with Crippen LogP contribution < -0.4 is 15.5 Å². The van der Waals surface area contributed by atoms with Crippen molar-refractivity contribution in [3.05, 3.63) is 29.8 Å². The quantitative estimate of drug-likeness (QED) is 0.651. The topological polar surface area (TPSA) is 98.8 Å². The Balaban J connectivity index is 1.52. The van der Waals surface area contributed by atoms with Gasteiger partial charge in [0.15, 0.2) is 0 Å². The van der Waals surface area contributed by atoms with Gasteiger partial charge in [0.05, 0.1) is 12.5 Å². The Labute approximate surface area is 183 Å². The van der Waals surface area contributed by atoms with E-state index in [9.17, 15) is 19.2 Å². The molecule has 8 heteroatoms. The van der Waals surface area contributed by atoms with Crippen molar-refractivity contribution in [3.63, 3.8) is 0 Å². The second-order valence-electron chi connectivity index (χ2n) is 8.25. The number of carbonyl (C=O) groups is 4. The molecule has 3 rings (SSSR count). The molecule has 2 heterocycles. The summed E-state index contributed by atoms with van der Waals surface area (Å²) >= 11 is 0. The van der Waals surface area contributed by atoms with E-state index in [4.69, 9.17) is 0 Å². The molecule has 2 aliphatic heterocycles. The Morgan fingerprint density at radius 3 is 2.55 bits per heavy atom. The van der Waals surface area contributed by atoms with E-state index in [2.05, 4.69) is 17.6 Å². The summed E-state index contributed by atoms with van der Waals surface area (Å²) in [6.07, 6.45) is 4.80. The first-order valence-corrected chi connectivity index (χ1v) is 11.1. The fourth-order valence-corrected chi connectivity index (χ4v) is 4.27. The zero-order chi connectivity index (χ0) is 22.4. The van der Waals surface area contributed by atoms with Gasteiger partial charge in [-0.3, -0.25) is 19.2 Å². The fraction of sp³-hybridized carbons (Fsp3) is 0.565. The third-order valence-corrected chi connectivity index (χ3v) is 6.10. The Hall–Kier alpha value is -2.90. The molecule has 31 heavy (non-hydrogen) atoms. The summed E-state index contributed by atoms with van der Waals surface area (Å²) in [5.41, 5.74) is 2.03. The van der Waals surface area contributed by atoms with E-state index in [1.165, 1.54) is 10.5 Å². The fourth-order valence-electron chi connectivity index (χ4n) is 4.27. The molecule has 2 unspecified atom stereocenters. The molecular formula is C23H32N4O4. The smallest absolute Gasteiger partial charge is 0.242 e. The summed E-state index contributed by atoms with van der Waals surface area (Å²) < 4.78 is 0. The van der Waals surface area contributed by atoms with Crippen LogP contribution in [0.4, 0.5) is 5.69 Å². The predicted molar refractivity (Wildman–Crippen MR) is 117 cm³/mol. The number of unbranched alkanes of at least 4 members (excludes halogenated alkanes) is 1. The summed E-state index contributed by atoms with van der Waals surface area (Å²) in [6.45, 7) is 2.80. The van der Waals surface area contributed by atoms with Crippen molar-refractivity contribution in [2.75, 3.05) is 31.6 Å². The van der Waals surface area contributed by atoms with Crippen LogP contribution in [-0.2, 0) is 25.6 Å². The number of nitrogens with one attached hydrogen (secondary N) is 2. The summed E-state index contributed by atoms with van der Waals surface area (Å²) in [4.78, 5) is 52.6. The van der Waals surface area contributed by atoms with Crippen LogP contribution >= 0.6 is 0 Å². The predicted octanol–water partition coefficient (Wildman–Crippen LogP) is 1.24. The molecule has 1 aromatic rings. The van der Waals surface area contributed by atoms with E-state index in [0.29, 0.717) is 19.5 Å². The average molecular weight is 429 g/mol. The maximum Gasteiger partial charge on any atom is 0.242 e. The van der Waals surface area contributed by atoms with E-state index in [0.717, 1.165) is 31.4 Å². The maximum absolute atomic E-state index is 12.6. The van der Waals surface area contributed by atoms with Crippen molar-refractivity contribution in [1.82, 2.24) is 15.5 Å². The first-order chi connectivity index (χ1) is 14.9. The lowest BCUT2D eigenvalue weighted by molar-refractivity contribution is -0.138. The van der Waals surface area contributed by atoms with Gasteiger partial charge < -0.3 is 20.4 Å². The van der Waals surface area contributed by atoms with Crippen molar-refractivity contribution >= 4 is 29.3 Å². The first-order valence-electron chi connectivity index (χ1n) is 11.1. The van der Waals surface area contributed by atoms with Crippen LogP contribution in [0.15, 0.2) is 24.3 Å². The molecule has 1 aromatic carbocycles. The van der Waals surface area contributed by atoms with Gasteiger partial charge in [-0.15, -0.1) is 0 Å². The zero-order valence-corrected chi connectivity index (χ0v) is 18.4. The van der Waals surface area contributed by atoms with Crippen molar-refractivity contribution in [1.29, 1.82) is 0 Å². The van der Waals surface area contributed by atoms with Gasteiger partial charge in [0.1, 0.15) is 6.04 Å². The van der Waals surface area contributed by atoms with Crippen molar-refractivity contribution in [2.45, 2.75) is 51.5 Å². The van der Waals surface area contributed by atoms with E-state index in [1.54, 1.807) is 11.9 Å². The Bertz CT molecular complexity index is 823. The number of nitrogens with zero attached hydrogens (tertiary/aromatic N) is 2. The van der Waals surface area contributed by atoms with Gasteiger partial charge in [0.25, 0.3) is 0 Å². The number of benzene rings is 1. The number of hydrogen-bond donors (Lipinski definition) is 2. The van der Waals surface area contributed by atoms with Crippen LogP contribution in [0.5, 0.6) is 0 Å². The van der Waals surface area contributed by atoms with E-state index in [1.807, 2.05) is 24.3 Å². The molecule has 0 radical (unpaired) electrons. The number of rotatable bonds is 8. The molecule has 4 amide bonds. The highest BCUT2D eigenvalue weighted by atomic mass is 16.2. The summed E-state index contributed by atoms with van der Waals surface area (Å²) in [5.74, 6) is -1.35. The standard InChI is InChI=1S/C23H32N4O4/c1-3-4-6-16-8-10-18(11-9-16)27-15-17(13-20(27)28)22(30)25-14-21(29)26-12-5-7-19(26)23(31)24-2/h8-11,17,19H,3-7,12-15H2,1-2H3,(H,24,31)(H,25,30). The maximum atomic E-state index is 12.6. The molecule has 0 bridgehead atoms. The highest BCUT2D eigenvalue weighted by Gasteiger charge is 2.36. The number of amides is 4. The lowest BCUT2D eigenvalue weighted by Gasteiger charge is -2.23. The number of anilines is 1. The minimum atomic E-state index is -0.492. The highest BCUT2D eigenvalue weighted by Crippen LogP contribution is 2.26. The molecule has 0 spiro atoms. The third kappa shape index (κ3) is 5.42. The van der Waals surface area contributed by atoms with Crippen LogP contribution in [0.25, 0.3) is 0 Å². The molecule has 2 fully saturated rings. The van der Waals surface area contributed by atoms with Crippen molar-refractivity contribution in [3.8, 4) is 0 Å². The third-order valence-electron chi connectivity index (χ3n) is 6.10. The van der Waals surface area contributed by atoms with Gasteiger partial charge in [0.2, 0.25) is 23.6 Å². The lowest BCUT2D eigenvalue weighted by Crippen LogP contribution is -2.48. The van der Waals surface area contributed by atoms with E-state index < -0.39 is 12.0 Å². The number of carbonyl (C=O) groups excluding carboxylic acids is 4. The molecule has 2 N–H and O–H groups in total. The SMILES string of the molecule is CCCCc1ccc(N2CC(C(=O)NCC(=O)N3CCCC3C(=O)NC)CC2=O)cc1. The second kappa shape index (κ2) is 10.4. The van der Waals surface area contributed by atoms with Crippen LogP contribution in [0.3, 0.4) is 0 Å². The van der Waals surface area contributed by atoms with Gasteiger partial charge in [-0.25, -0.2) is 0 Å². The molecule has 2 saturated heterocycles. The zero-order valence-electron chi connectivity index (χ0n) is 18.4. The second-order valence-corrected chi connectivity index (χ2v) is 8.25. The Kier molecular flexibility index (Phi) is 7.65. The molecule has 0 aromatic heterocycles. The number of aryl methyl sites for hydroxylation is 1. The molecular weight excluding hydrogens is 396 g/mol. The molecule has 168 valence electrons. The largest absolute Gasteiger partial charge is 0.357 e. The van der Waals surface area contributed by atoms with Crippen molar-refractivity contribution in [2.24, 2.45) is 5.92 Å². The average Bonchev–Trinajstić information content (AvgIpc) is 3.43. The Morgan fingerprint density at radius 2 is 1.87 bits per heavy atom. The lowest BCUT2D eigenvalue weighted by atomic mass is 10.1. The molecule has 2 atom stereocenters. The van der Waals surface area contributed by atoms with Crippen LogP contribution in [0.1, 0.15) is 44.6 Å². The summed E-state index contributed by atoms with van der Waals surface area (Å²) in [7, 11) is 1.55. The number of likely N-dealkylation sites (N-methyl/N-ethyl adjacent to an activating group) is 1. The minimum Gasteiger partial charge on any atom is -0.357 e. The monoisotopic (exact) mass is 428 g/mol. The van der Waals surface area contributed by atoms with Gasteiger partial charge in [-0.2, -0.15) is 0 Å². The van der Waals surface area contributed by atoms with Gasteiger partial charge in [-0.1, -0.05) is 25.5 Å². The van der Waals surface area contributed by atoms with Crippen LogP contribution in [-0.4, -0.2) is 61.3 Å². The van der Waals surface area contributed by atoms with Gasteiger partial charge in [0, 0.05) is 32.2 Å². The summed E-state index contributed by atoms with van der Waals surface area (Å²) in [5, 5.41) is 5.24. The number of hydrogen-bond acceptors (Lipinski definition) is 4. The van der Waals surface area contributed by atoms with Crippen LogP contribution in [0, 0.1) is 5.92 Å². The van der Waals surface area contributed by atoms with E-state index >= 15 is 0 Å². The van der Waals surface area contributed by atoms with Crippen LogP contribution in [0.2, 0.25) is 0 Å². The minimum absolute atomic E-state index is 0.0907. The molecule has 0 aliphatic carbocycles.